The van der Waals surface area contributed by atoms with Gasteiger partial charge in [0.2, 0.25) is 12.3 Å². The SMILES string of the molecule is O=CN1CC2(C1)CN(C(=O)c1cncs1)CC2c1noc(Cn2ccc(C3CCCC3)n2)n1. The van der Waals surface area contributed by atoms with Crippen molar-refractivity contribution in [3.8, 4) is 0 Å². The average molecular weight is 468 g/mol. The van der Waals surface area contributed by atoms with Gasteiger partial charge < -0.3 is 14.3 Å². The molecule has 6 rings (SSSR count). The molecule has 1 saturated carbocycles. The maximum atomic E-state index is 13.0. The molecule has 0 radical (unpaired) electrons. The van der Waals surface area contributed by atoms with E-state index < -0.39 is 0 Å². The highest BCUT2D eigenvalue weighted by molar-refractivity contribution is 7.11. The molecule has 1 aliphatic carbocycles. The first-order valence-electron chi connectivity index (χ1n) is 11.4. The Bertz CT molecular complexity index is 1140. The molecule has 5 heterocycles. The number of hydrogen-bond donors (Lipinski definition) is 0. The highest BCUT2D eigenvalue weighted by Gasteiger charge is 2.57. The smallest absolute Gasteiger partial charge is 0.265 e. The predicted octanol–water partition coefficient (Wildman–Crippen LogP) is 2.13. The van der Waals surface area contributed by atoms with Gasteiger partial charge in [-0.2, -0.15) is 10.1 Å². The van der Waals surface area contributed by atoms with Crippen LogP contribution in [0, 0.1) is 5.41 Å². The molecule has 3 aliphatic rings. The van der Waals surface area contributed by atoms with Crippen molar-refractivity contribution in [1.82, 2.24) is 34.7 Å². The van der Waals surface area contributed by atoms with E-state index >= 15 is 0 Å². The first kappa shape index (κ1) is 20.5. The van der Waals surface area contributed by atoms with Crippen molar-refractivity contribution in [2.45, 2.75) is 44.1 Å². The van der Waals surface area contributed by atoms with E-state index in [1.807, 2.05) is 15.8 Å². The molecule has 0 N–H and O–H groups in total. The lowest BCUT2D eigenvalue weighted by atomic mass is 9.71. The fourth-order valence-electron chi connectivity index (χ4n) is 5.63. The van der Waals surface area contributed by atoms with E-state index in [2.05, 4.69) is 21.2 Å². The number of hydrogen-bond acceptors (Lipinski definition) is 8. The normalized spacial score (nSPS) is 22.2. The number of thiazole rings is 1. The van der Waals surface area contributed by atoms with Crippen molar-refractivity contribution in [2.24, 2.45) is 5.41 Å². The van der Waals surface area contributed by atoms with Crippen molar-refractivity contribution in [1.29, 1.82) is 0 Å². The van der Waals surface area contributed by atoms with Crippen LogP contribution < -0.4 is 0 Å². The first-order valence-corrected chi connectivity index (χ1v) is 12.2. The summed E-state index contributed by atoms with van der Waals surface area (Å²) in [5.74, 6) is 1.53. The standard InChI is InChI=1S/C22H25N7O3S/c30-14-27-10-22(11-27)12-28(21(31)18-7-23-13-33-18)8-16(22)20-24-19(32-26-20)9-29-6-5-17(25-29)15-3-1-2-4-15/h5-7,13-16H,1-4,8-12H2. The lowest BCUT2D eigenvalue weighted by molar-refractivity contribution is -0.129. The van der Waals surface area contributed by atoms with Gasteiger partial charge in [-0.25, -0.2) is 0 Å². The molecule has 2 aliphatic heterocycles. The van der Waals surface area contributed by atoms with Gasteiger partial charge in [0.15, 0.2) is 5.82 Å². The summed E-state index contributed by atoms with van der Waals surface area (Å²) in [6.07, 6.45) is 9.40. The van der Waals surface area contributed by atoms with E-state index in [9.17, 15) is 9.59 Å². The van der Waals surface area contributed by atoms with Gasteiger partial charge in [0.25, 0.3) is 5.91 Å². The van der Waals surface area contributed by atoms with Gasteiger partial charge in [-0.05, 0) is 18.9 Å². The molecule has 0 bridgehead atoms. The lowest BCUT2D eigenvalue weighted by Crippen LogP contribution is -2.59. The van der Waals surface area contributed by atoms with Gasteiger partial charge in [-0.3, -0.25) is 19.3 Å². The Morgan fingerprint density at radius 3 is 2.88 bits per heavy atom. The van der Waals surface area contributed by atoms with Crippen molar-refractivity contribution >= 4 is 23.7 Å². The number of nitrogens with zero attached hydrogens (tertiary/aromatic N) is 7. The second-order valence-corrected chi connectivity index (χ2v) is 10.3. The molecule has 1 atom stereocenters. The van der Waals surface area contributed by atoms with Crippen LogP contribution in [0.3, 0.4) is 0 Å². The van der Waals surface area contributed by atoms with Crippen LogP contribution in [0.1, 0.15) is 64.6 Å². The monoisotopic (exact) mass is 467 g/mol. The summed E-state index contributed by atoms with van der Waals surface area (Å²) in [7, 11) is 0. The predicted molar refractivity (Wildman–Crippen MR) is 118 cm³/mol. The third-order valence-electron chi connectivity index (χ3n) is 7.29. The van der Waals surface area contributed by atoms with Crippen molar-refractivity contribution in [2.75, 3.05) is 26.2 Å². The minimum atomic E-state index is -0.246. The maximum absolute atomic E-state index is 13.0. The molecular weight excluding hydrogens is 442 g/mol. The Labute approximate surface area is 194 Å². The average Bonchev–Trinajstić information content (AvgIpc) is 3.61. The van der Waals surface area contributed by atoms with Crippen LogP contribution in [-0.4, -0.2) is 73.2 Å². The highest BCUT2D eigenvalue weighted by Crippen LogP contribution is 2.48. The number of carbonyl (C=O) groups excluding carboxylic acids is 2. The first-order chi connectivity index (χ1) is 16.1. The van der Waals surface area contributed by atoms with E-state index in [4.69, 9.17) is 9.62 Å². The van der Waals surface area contributed by atoms with Gasteiger partial charge in [-0.1, -0.05) is 18.0 Å². The van der Waals surface area contributed by atoms with Crippen LogP contribution >= 0.6 is 11.3 Å². The third-order valence-corrected chi connectivity index (χ3v) is 8.05. The van der Waals surface area contributed by atoms with Crippen LogP contribution in [0.25, 0.3) is 0 Å². The topological polar surface area (TPSA) is 110 Å². The van der Waals surface area contributed by atoms with Crippen LogP contribution in [0.4, 0.5) is 0 Å². The summed E-state index contributed by atoms with van der Waals surface area (Å²) in [4.78, 5) is 37.1. The summed E-state index contributed by atoms with van der Waals surface area (Å²) >= 11 is 1.33. The molecule has 2 amide bonds. The molecular formula is C22H25N7O3S. The Balaban J connectivity index is 1.20. The maximum Gasteiger partial charge on any atom is 0.265 e. The van der Waals surface area contributed by atoms with Gasteiger partial charge in [0, 0.05) is 43.7 Å². The molecule has 10 nitrogen and oxygen atoms in total. The van der Waals surface area contributed by atoms with E-state index in [-0.39, 0.29) is 17.2 Å². The lowest BCUT2D eigenvalue weighted by Gasteiger charge is -2.48. The molecule has 0 aromatic carbocycles. The molecule has 1 unspecified atom stereocenters. The molecule has 11 heteroatoms. The van der Waals surface area contributed by atoms with Gasteiger partial charge >= 0.3 is 0 Å². The Morgan fingerprint density at radius 2 is 2.12 bits per heavy atom. The molecule has 1 spiro atoms. The van der Waals surface area contributed by atoms with Crippen LogP contribution in [0.2, 0.25) is 0 Å². The molecule has 3 aromatic rings. The van der Waals surface area contributed by atoms with Crippen molar-refractivity contribution < 1.29 is 14.1 Å². The zero-order chi connectivity index (χ0) is 22.4. The van der Waals surface area contributed by atoms with Crippen molar-refractivity contribution in [3.63, 3.8) is 0 Å². The fraction of sp³-hybridized carbons (Fsp3) is 0.545. The van der Waals surface area contributed by atoms with E-state index in [1.54, 1.807) is 16.6 Å². The summed E-state index contributed by atoms with van der Waals surface area (Å²) in [5, 5.41) is 9.00. The van der Waals surface area contributed by atoms with Gasteiger partial charge in [0.05, 0.1) is 23.3 Å². The van der Waals surface area contributed by atoms with Crippen LogP contribution in [-0.2, 0) is 11.3 Å². The van der Waals surface area contributed by atoms with E-state index in [1.165, 1.54) is 37.0 Å². The van der Waals surface area contributed by atoms with Crippen LogP contribution in [0.15, 0.2) is 28.5 Å². The molecule has 2 saturated heterocycles. The Hall–Kier alpha value is -3.08. The summed E-state index contributed by atoms with van der Waals surface area (Å²) in [6, 6.07) is 2.09. The minimum absolute atomic E-state index is 0.0383. The Morgan fingerprint density at radius 1 is 1.27 bits per heavy atom. The molecule has 3 fully saturated rings. The van der Waals surface area contributed by atoms with Crippen molar-refractivity contribution in [3.05, 3.63) is 46.3 Å². The van der Waals surface area contributed by atoms with Gasteiger partial charge in [-0.15, -0.1) is 11.3 Å². The van der Waals surface area contributed by atoms with Gasteiger partial charge in [0.1, 0.15) is 11.4 Å². The summed E-state index contributed by atoms with van der Waals surface area (Å²) in [6.45, 7) is 2.65. The number of rotatable bonds is 6. The zero-order valence-electron chi connectivity index (χ0n) is 18.2. The summed E-state index contributed by atoms with van der Waals surface area (Å²) in [5.41, 5.74) is 2.55. The van der Waals surface area contributed by atoms with E-state index in [0.717, 1.165) is 12.1 Å². The zero-order valence-corrected chi connectivity index (χ0v) is 19.0. The Kier molecular flexibility index (Phi) is 5.01. The third kappa shape index (κ3) is 3.64. The number of carbonyl (C=O) groups is 2. The van der Waals surface area contributed by atoms with Crippen LogP contribution in [0.5, 0.6) is 0 Å². The molecule has 172 valence electrons. The number of amides is 2. The van der Waals surface area contributed by atoms with E-state index in [0.29, 0.717) is 55.2 Å². The fourth-order valence-corrected chi connectivity index (χ4v) is 6.22. The largest absolute Gasteiger partial charge is 0.344 e. The number of aromatic nitrogens is 5. The molecule has 33 heavy (non-hydrogen) atoms. The second kappa shape index (κ2) is 8.05. The second-order valence-electron chi connectivity index (χ2n) is 9.44. The summed E-state index contributed by atoms with van der Waals surface area (Å²) < 4.78 is 7.44. The quantitative estimate of drug-likeness (QED) is 0.511. The highest BCUT2D eigenvalue weighted by atomic mass is 32.1. The number of likely N-dealkylation sites (tertiary alicyclic amines) is 2. The minimum Gasteiger partial charge on any atom is -0.344 e. The molecule has 3 aromatic heterocycles.